The molecular formula is C11H18ClN5O. The first-order valence-electron chi connectivity index (χ1n) is 5.97. The molecule has 2 heterocycles. The number of nitrogens with zero attached hydrogens (tertiary/aromatic N) is 5. The average Bonchev–Trinajstić information content (AvgIpc) is 2.38. The predicted molar refractivity (Wildman–Crippen MR) is 70.3 cm³/mol. The van der Waals surface area contributed by atoms with Gasteiger partial charge in [0.15, 0.2) is 0 Å². The Labute approximate surface area is 112 Å². The second kappa shape index (κ2) is 5.67. The summed E-state index contributed by atoms with van der Waals surface area (Å²) in [4.78, 5) is 16.6. The van der Waals surface area contributed by atoms with Gasteiger partial charge in [-0.25, -0.2) is 0 Å². The molecule has 0 aliphatic carbocycles. The monoisotopic (exact) mass is 271 g/mol. The summed E-state index contributed by atoms with van der Waals surface area (Å²) in [5.41, 5.74) is 0. The van der Waals surface area contributed by atoms with Crippen molar-refractivity contribution in [2.45, 2.75) is 18.9 Å². The van der Waals surface area contributed by atoms with Crippen molar-refractivity contribution in [2.24, 2.45) is 0 Å². The average molecular weight is 272 g/mol. The molecule has 0 unspecified atom stereocenters. The molecular weight excluding hydrogens is 254 g/mol. The first-order valence-corrected chi connectivity index (χ1v) is 6.35. The van der Waals surface area contributed by atoms with E-state index in [1.165, 1.54) is 7.11 Å². The van der Waals surface area contributed by atoms with Gasteiger partial charge >= 0.3 is 6.01 Å². The Hall–Kier alpha value is -1.14. The van der Waals surface area contributed by atoms with Crippen LogP contribution in [0.15, 0.2) is 0 Å². The molecule has 1 aromatic heterocycles. The van der Waals surface area contributed by atoms with Crippen LogP contribution in [0.2, 0.25) is 5.28 Å². The third kappa shape index (κ3) is 3.00. The highest BCUT2D eigenvalue weighted by molar-refractivity contribution is 6.28. The summed E-state index contributed by atoms with van der Waals surface area (Å²) in [6, 6.07) is 0.689. The van der Waals surface area contributed by atoms with E-state index in [4.69, 9.17) is 16.3 Å². The fraction of sp³-hybridized carbons (Fsp3) is 0.727. The van der Waals surface area contributed by atoms with E-state index in [0.29, 0.717) is 12.0 Å². The Balaban J connectivity index is 2.12. The van der Waals surface area contributed by atoms with Gasteiger partial charge in [-0.15, -0.1) is 0 Å². The summed E-state index contributed by atoms with van der Waals surface area (Å²) in [7, 11) is 5.64. The minimum Gasteiger partial charge on any atom is -0.467 e. The lowest BCUT2D eigenvalue weighted by Gasteiger charge is -2.35. The van der Waals surface area contributed by atoms with Crippen LogP contribution in [0.25, 0.3) is 0 Å². The number of likely N-dealkylation sites (tertiary alicyclic amines) is 1. The van der Waals surface area contributed by atoms with Crippen LogP contribution in [0.1, 0.15) is 12.8 Å². The van der Waals surface area contributed by atoms with Gasteiger partial charge in [-0.3, -0.25) is 0 Å². The van der Waals surface area contributed by atoms with Crippen molar-refractivity contribution in [1.29, 1.82) is 0 Å². The molecule has 0 spiro atoms. The highest BCUT2D eigenvalue weighted by Gasteiger charge is 2.23. The third-order valence-electron chi connectivity index (χ3n) is 3.31. The second-order valence-electron chi connectivity index (χ2n) is 4.54. The van der Waals surface area contributed by atoms with E-state index in [2.05, 4.69) is 31.8 Å². The van der Waals surface area contributed by atoms with Crippen LogP contribution in [0.5, 0.6) is 6.01 Å². The molecule has 1 aromatic rings. The summed E-state index contributed by atoms with van der Waals surface area (Å²) >= 11 is 5.86. The van der Waals surface area contributed by atoms with E-state index in [1.807, 2.05) is 7.05 Å². The number of halogens is 1. The number of hydrogen-bond acceptors (Lipinski definition) is 6. The highest BCUT2D eigenvalue weighted by atomic mass is 35.5. The van der Waals surface area contributed by atoms with Gasteiger partial charge in [-0.1, -0.05) is 0 Å². The molecule has 0 saturated carbocycles. The van der Waals surface area contributed by atoms with E-state index >= 15 is 0 Å². The summed E-state index contributed by atoms with van der Waals surface area (Å²) in [6.45, 7) is 2.18. The van der Waals surface area contributed by atoms with Gasteiger partial charge in [0.05, 0.1) is 7.11 Å². The zero-order valence-electron chi connectivity index (χ0n) is 10.9. The molecule has 0 radical (unpaired) electrons. The van der Waals surface area contributed by atoms with E-state index < -0.39 is 0 Å². The molecule has 1 saturated heterocycles. The van der Waals surface area contributed by atoms with Gasteiger partial charge in [0.25, 0.3) is 0 Å². The predicted octanol–water partition coefficient (Wildman–Crippen LogP) is 1.06. The van der Waals surface area contributed by atoms with E-state index in [-0.39, 0.29) is 11.3 Å². The topological polar surface area (TPSA) is 54.4 Å². The number of hydrogen-bond donors (Lipinski definition) is 0. The zero-order chi connectivity index (χ0) is 13.1. The lowest BCUT2D eigenvalue weighted by atomic mass is 10.0. The van der Waals surface area contributed by atoms with Crippen molar-refractivity contribution >= 4 is 17.5 Å². The first-order chi connectivity index (χ1) is 8.60. The van der Waals surface area contributed by atoms with Gasteiger partial charge < -0.3 is 14.5 Å². The summed E-state index contributed by atoms with van der Waals surface area (Å²) in [5, 5.41) is 0.164. The number of methoxy groups -OCH3 is 1. The van der Waals surface area contributed by atoms with Gasteiger partial charge in [0.1, 0.15) is 0 Å². The molecule has 100 valence electrons. The maximum absolute atomic E-state index is 5.86. The Morgan fingerprint density at radius 3 is 2.56 bits per heavy atom. The molecule has 1 aliphatic heterocycles. The minimum absolute atomic E-state index is 0.164. The van der Waals surface area contributed by atoms with Crippen molar-refractivity contribution in [3.05, 3.63) is 5.28 Å². The first kappa shape index (κ1) is 13.3. The fourth-order valence-electron chi connectivity index (χ4n) is 2.12. The molecule has 0 atom stereocenters. The van der Waals surface area contributed by atoms with Gasteiger partial charge in [-0.05, 0) is 44.6 Å². The largest absolute Gasteiger partial charge is 0.467 e. The molecule has 7 heteroatoms. The minimum atomic E-state index is 0.164. The number of rotatable bonds is 3. The summed E-state index contributed by atoms with van der Waals surface area (Å²) in [5.74, 6) is 0.571. The molecule has 18 heavy (non-hydrogen) atoms. The number of anilines is 1. The van der Waals surface area contributed by atoms with Crippen molar-refractivity contribution in [1.82, 2.24) is 19.9 Å². The normalized spacial score (nSPS) is 17.8. The van der Waals surface area contributed by atoms with Crippen LogP contribution in [-0.4, -0.2) is 60.2 Å². The Kier molecular flexibility index (Phi) is 4.19. The van der Waals surface area contributed by atoms with E-state index in [1.54, 1.807) is 0 Å². The molecule has 1 aliphatic rings. The van der Waals surface area contributed by atoms with Crippen molar-refractivity contribution in [3.8, 4) is 6.01 Å². The smallest absolute Gasteiger partial charge is 0.322 e. The van der Waals surface area contributed by atoms with Crippen LogP contribution in [0.3, 0.4) is 0 Å². The second-order valence-corrected chi connectivity index (χ2v) is 4.87. The number of aromatic nitrogens is 3. The van der Waals surface area contributed by atoms with E-state index in [9.17, 15) is 0 Å². The quantitative estimate of drug-likeness (QED) is 0.820. The Morgan fingerprint density at radius 2 is 1.94 bits per heavy atom. The molecule has 0 aromatic carbocycles. The zero-order valence-corrected chi connectivity index (χ0v) is 11.7. The van der Waals surface area contributed by atoms with Crippen molar-refractivity contribution in [3.63, 3.8) is 0 Å². The highest BCUT2D eigenvalue weighted by Crippen LogP contribution is 2.20. The summed E-state index contributed by atoms with van der Waals surface area (Å²) in [6.07, 6.45) is 2.19. The molecule has 0 bridgehead atoms. The number of ether oxygens (including phenoxy) is 1. The Morgan fingerprint density at radius 1 is 1.28 bits per heavy atom. The molecule has 0 amide bonds. The fourth-order valence-corrected chi connectivity index (χ4v) is 2.26. The van der Waals surface area contributed by atoms with Gasteiger partial charge in [0, 0.05) is 13.1 Å². The lowest BCUT2D eigenvalue weighted by Crippen LogP contribution is -2.42. The van der Waals surface area contributed by atoms with Crippen LogP contribution in [0.4, 0.5) is 5.95 Å². The SMILES string of the molecule is COc1nc(Cl)nc(N(C)C2CCN(C)CC2)n1. The van der Waals surface area contributed by atoms with Crippen LogP contribution in [0, 0.1) is 0 Å². The Bertz CT molecular complexity index is 408. The molecule has 0 N–H and O–H groups in total. The molecule has 6 nitrogen and oxygen atoms in total. The van der Waals surface area contributed by atoms with Crippen molar-refractivity contribution < 1.29 is 4.74 Å². The van der Waals surface area contributed by atoms with Gasteiger partial charge in [-0.2, -0.15) is 15.0 Å². The third-order valence-corrected chi connectivity index (χ3v) is 3.48. The maximum Gasteiger partial charge on any atom is 0.322 e. The standard InChI is InChI=1S/C11H18ClN5O/c1-16-6-4-8(5-7-16)17(2)10-13-9(12)14-11(15-10)18-3/h8H,4-7H2,1-3H3. The van der Waals surface area contributed by atoms with Crippen molar-refractivity contribution in [2.75, 3.05) is 39.2 Å². The molecule has 2 rings (SSSR count). The molecule has 1 fully saturated rings. The van der Waals surface area contributed by atoms with Crippen LogP contribution >= 0.6 is 11.6 Å². The van der Waals surface area contributed by atoms with E-state index in [0.717, 1.165) is 25.9 Å². The lowest BCUT2D eigenvalue weighted by molar-refractivity contribution is 0.251. The van der Waals surface area contributed by atoms with Crippen LogP contribution in [-0.2, 0) is 0 Å². The summed E-state index contributed by atoms with van der Waals surface area (Å²) < 4.78 is 5.01. The van der Waals surface area contributed by atoms with Gasteiger partial charge in [0.2, 0.25) is 11.2 Å². The maximum atomic E-state index is 5.86. The number of piperidine rings is 1. The van der Waals surface area contributed by atoms with Crippen LogP contribution < -0.4 is 9.64 Å².